The first-order valence-electron chi connectivity index (χ1n) is 4.72. The van der Waals surface area contributed by atoms with Crippen LogP contribution in [0.25, 0.3) is 0 Å². The molecule has 0 aliphatic heterocycles. The Morgan fingerprint density at radius 3 is 1.58 bits per heavy atom. The van der Waals surface area contributed by atoms with Crippen LogP contribution in [-0.4, -0.2) is 53.5 Å². The zero-order valence-electron chi connectivity index (χ0n) is 9.68. The van der Waals surface area contributed by atoms with E-state index in [1.54, 1.807) is 0 Å². The summed E-state index contributed by atoms with van der Waals surface area (Å²) in [6, 6.07) is 0. The van der Waals surface area contributed by atoms with Crippen LogP contribution in [0.5, 0.6) is 0 Å². The average Bonchev–Trinajstić information content (AvgIpc) is 2.00. The monoisotopic (exact) mass is 188 g/mol. The maximum atomic E-state index is 2.35. The van der Waals surface area contributed by atoms with Gasteiger partial charge in [0.05, 0.1) is 5.29 Å². The van der Waals surface area contributed by atoms with Crippen molar-refractivity contribution < 1.29 is 0 Å². The molecule has 2 nitrogen and oxygen atoms in total. The molecule has 0 aromatic rings. The third kappa shape index (κ3) is 2.09. The molecule has 0 heterocycles. The first-order valence-corrected chi connectivity index (χ1v) is 5.72. The summed E-state index contributed by atoms with van der Waals surface area (Å²) >= 11 is 0. The van der Waals surface area contributed by atoms with Gasteiger partial charge in [0.2, 0.25) is 0 Å². The van der Waals surface area contributed by atoms with Gasteiger partial charge in [0.25, 0.3) is 0 Å². The summed E-state index contributed by atoms with van der Waals surface area (Å²) in [6.45, 7) is 4.61. The molecule has 0 N–H and O–H groups in total. The molecule has 0 bridgehead atoms. The second kappa shape index (κ2) is 4.39. The van der Waals surface area contributed by atoms with Gasteiger partial charge in [-0.05, 0) is 34.1 Å². The lowest BCUT2D eigenvalue weighted by Gasteiger charge is -2.47. The summed E-state index contributed by atoms with van der Waals surface area (Å²) in [5, 5.41) is 0.314. The molecular formula is C9H24N2Si. The third-order valence-corrected chi connectivity index (χ3v) is 6.13. The highest BCUT2D eigenvalue weighted by atomic mass is 28.1. The zero-order valence-corrected chi connectivity index (χ0v) is 11.7. The summed E-state index contributed by atoms with van der Waals surface area (Å²) in [4.78, 5) is 4.71. The second-order valence-electron chi connectivity index (χ2n) is 4.19. The SMILES string of the molecule is CCC(C)C([SiH3])(N(C)C)N(C)C. The lowest BCUT2D eigenvalue weighted by atomic mass is 10.0. The van der Waals surface area contributed by atoms with Gasteiger partial charge in [0.15, 0.2) is 0 Å². The van der Waals surface area contributed by atoms with Gasteiger partial charge in [-0.3, -0.25) is 9.80 Å². The van der Waals surface area contributed by atoms with E-state index < -0.39 is 0 Å². The molecule has 0 fully saturated rings. The van der Waals surface area contributed by atoms with Crippen LogP contribution in [0.2, 0.25) is 0 Å². The van der Waals surface area contributed by atoms with E-state index in [9.17, 15) is 0 Å². The topological polar surface area (TPSA) is 6.48 Å². The molecule has 0 rings (SSSR count). The molecule has 0 saturated carbocycles. The Balaban J connectivity index is 4.61. The molecule has 0 radical (unpaired) electrons. The summed E-state index contributed by atoms with van der Waals surface area (Å²) in [5.41, 5.74) is 0. The fourth-order valence-corrected chi connectivity index (χ4v) is 2.08. The van der Waals surface area contributed by atoms with E-state index in [0.717, 1.165) is 5.92 Å². The molecule has 74 valence electrons. The molecule has 1 atom stereocenters. The largest absolute Gasteiger partial charge is 0.295 e. The Kier molecular flexibility index (Phi) is 4.44. The number of nitrogens with zero attached hydrogens (tertiary/aromatic N) is 2. The molecular weight excluding hydrogens is 164 g/mol. The molecule has 0 aliphatic rings. The molecule has 12 heavy (non-hydrogen) atoms. The summed E-state index contributed by atoms with van der Waals surface area (Å²) < 4.78 is 0. The Morgan fingerprint density at radius 2 is 1.50 bits per heavy atom. The van der Waals surface area contributed by atoms with Crippen molar-refractivity contribution in [3.63, 3.8) is 0 Å². The predicted octanol–water partition coefficient (Wildman–Crippen LogP) is 0.175. The number of hydrogen-bond donors (Lipinski definition) is 0. The number of hydrogen-bond acceptors (Lipinski definition) is 2. The van der Waals surface area contributed by atoms with Crippen LogP contribution in [0.1, 0.15) is 20.3 Å². The smallest absolute Gasteiger partial charge is 0.0536 e. The van der Waals surface area contributed by atoms with Gasteiger partial charge in [0, 0.05) is 10.2 Å². The average molecular weight is 188 g/mol. The predicted molar refractivity (Wildman–Crippen MR) is 59.5 cm³/mol. The van der Waals surface area contributed by atoms with Crippen molar-refractivity contribution in [1.82, 2.24) is 9.80 Å². The van der Waals surface area contributed by atoms with Crippen LogP contribution in [0, 0.1) is 5.92 Å². The van der Waals surface area contributed by atoms with E-state index >= 15 is 0 Å². The van der Waals surface area contributed by atoms with E-state index in [-0.39, 0.29) is 0 Å². The standard InChI is InChI=1S/C9H24N2Si/c1-7-8(2)9(12,10(3)4)11(5)6/h8H,7H2,1-6,12H3. The van der Waals surface area contributed by atoms with Crippen LogP contribution in [-0.2, 0) is 0 Å². The van der Waals surface area contributed by atoms with Gasteiger partial charge in [-0.2, -0.15) is 0 Å². The minimum Gasteiger partial charge on any atom is -0.295 e. The third-order valence-electron chi connectivity index (χ3n) is 3.36. The minimum absolute atomic E-state index is 0.314. The fourth-order valence-electron chi connectivity index (χ4n) is 1.67. The maximum absolute atomic E-state index is 2.35. The van der Waals surface area contributed by atoms with Crippen molar-refractivity contribution in [1.29, 1.82) is 0 Å². The Morgan fingerprint density at radius 1 is 1.17 bits per heavy atom. The van der Waals surface area contributed by atoms with Gasteiger partial charge >= 0.3 is 0 Å². The normalized spacial score (nSPS) is 16.0. The van der Waals surface area contributed by atoms with Crippen molar-refractivity contribution >= 4 is 10.2 Å². The van der Waals surface area contributed by atoms with Gasteiger partial charge in [-0.25, -0.2) is 0 Å². The summed E-state index contributed by atoms with van der Waals surface area (Å²) in [5.74, 6) is 0.745. The fraction of sp³-hybridized carbons (Fsp3) is 1.00. The van der Waals surface area contributed by atoms with E-state index in [1.807, 2.05) is 0 Å². The molecule has 0 aromatic carbocycles. The van der Waals surface area contributed by atoms with E-state index in [0.29, 0.717) is 5.29 Å². The lowest BCUT2D eigenvalue weighted by Crippen LogP contribution is -2.59. The van der Waals surface area contributed by atoms with Gasteiger partial charge in [0.1, 0.15) is 0 Å². The van der Waals surface area contributed by atoms with E-state index in [1.165, 1.54) is 16.7 Å². The second-order valence-corrected chi connectivity index (χ2v) is 5.66. The Bertz CT molecular complexity index is 126. The maximum Gasteiger partial charge on any atom is 0.0536 e. The molecule has 3 heteroatoms. The van der Waals surface area contributed by atoms with E-state index in [2.05, 4.69) is 51.8 Å². The van der Waals surface area contributed by atoms with Crippen LogP contribution < -0.4 is 0 Å². The molecule has 0 saturated heterocycles. The minimum atomic E-state index is 0.314. The van der Waals surface area contributed by atoms with Crippen molar-refractivity contribution in [2.24, 2.45) is 5.92 Å². The van der Waals surface area contributed by atoms with Gasteiger partial charge in [-0.1, -0.05) is 20.3 Å². The Hall–Kier alpha value is 0.137. The summed E-state index contributed by atoms with van der Waals surface area (Å²) in [6.07, 6.45) is 1.25. The van der Waals surface area contributed by atoms with Crippen molar-refractivity contribution in [3.05, 3.63) is 0 Å². The van der Waals surface area contributed by atoms with E-state index in [4.69, 9.17) is 0 Å². The highest BCUT2D eigenvalue weighted by Crippen LogP contribution is 2.23. The van der Waals surface area contributed by atoms with Crippen molar-refractivity contribution in [2.75, 3.05) is 28.2 Å². The molecule has 0 amide bonds. The van der Waals surface area contributed by atoms with Gasteiger partial charge < -0.3 is 0 Å². The molecule has 1 unspecified atom stereocenters. The van der Waals surface area contributed by atoms with Crippen LogP contribution >= 0.6 is 0 Å². The quantitative estimate of drug-likeness (QED) is 0.459. The lowest BCUT2D eigenvalue weighted by molar-refractivity contribution is 0.0326. The van der Waals surface area contributed by atoms with Crippen LogP contribution in [0.3, 0.4) is 0 Å². The molecule has 0 aliphatic carbocycles. The Labute approximate surface area is 80.3 Å². The van der Waals surface area contributed by atoms with Crippen molar-refractivity contribution in [3.8, 4) is 0 Å². The molecule has 0 spiro atoms. The van der Waals surface area contributed by atoms with Crippen molar-refractivity contribution in [2.45, 2.75) is 25.6 Å². The summed E-state index contributed by atoms with van der Waals surface area (Å²) in [7, 11) is 9.90. The highest BCUT2D eigenvalue weighted by molar-refractivity contribution is 6.15. The zero-order chi connectivity index (χ0) is 9.94. The first-order chi connectivity index (χ1) is 5.37. The first kappa shape index (κ1) is 12.1. The number of rotatable bonds is 4. The highest BCUT2D eigenvalue weighted by Gasteiger charge is 2.33. The molecule has 0 aromatic heterocycles. The van der Waals surface area contributed by atoms with Crippen LogP contribution in [0.4, 0.5) is 0 Å². The van der Waals surface area contributed by atoms with Gasteiger partial charge in [-0.15, -0.1) is 0 Å². The van der Waals surface area contributed by atoms with Crippen LogP contribution in [0.15, 0.2) is 0 Å².